The molecule has 0 aliphatic carbocycles. The summed E-state index contributed by atoms with van der Waals surface area (Å²) in [6, 6.07) is -0.621. The Bertz CT molecular complexity index is 281. The Balaban J connectivity index is 2.50. The first-order valence-electron chi connectivity index (χ1n) is 6.28. The number of likely N-dealkylation sites (tertiary alicyclic amines) is 1. The highest BCUT2D eigenvalue weighted by Crippen LogP contribution is 2.19. The molecule has 0 aromatic heterocycles. The zero-order valence-electron chi connectivity index (χ0n) is 10.4. The Morgan fingerprint density at radius 3 is 2.76 bits per heavy atom. The van der Waals surface area contributed by atoms with Gasteiger partial charge in [-0.05, 0) is 38.1 Å². The Morgan fingerprint density at radius 2 is 2.18 bits per heavy atom. The first kappa shape index (κ1) is 14.0. The van der Waals surface area contributed by atoms with Crippen molar-refractivity contribution >= 4 is 11.9 Å². The number of rotatable bonds is 5. The third kappa shape index (κ3) is 4.00. The Hall–Kier alpha value is -1.10. The number of hydrogen-bond donors (Lipinski definition) is 2. The first-order chi connectivity index (χ1) is 8.06. The van der Waals surface area contributed by atoms with E-state index in [9.17, 15) is 9.59 Å². The molecule has 0 aromatic rings. The molecule has 1 unspecified atom stereocenters. The van der Waals surface area contributed by atoms with E-state index in [-0.39, 0.29) is 5.91 Å². The number of nitrogens with zero attached hydrogens (tertiary/aromatic N) is 1. The molecule has 98 valence electrons. The minimum Gasteiger partial charge on any atom is -0.480 e. The molecule has 1 aliphatic rings. The van der Waals surface area contributed by atoms with Crippen LogP contribution in [0.2, 0.25) is 0 Å². The van der Waals surface area contributed by atoms with Gasteiger partial charge in [-0.15, -0.1) is 0 Å². The molecule has 5 nitrogen and oxygen atoms in total. The molecule has 1 amide bonds. The van der Waals surface area contributed by atoms with E-state index >= 15 is 0 Å². The quantitative estimate of drug-likeness (QED) is 0.748. The van der Waals surface area contributed by atoms with Gasteiger partial charge in [-0.3, -0.25) is 4.79 Å². The molecule has 2 atom stereocenters. The van der Waals surface area contributed by atoms with Crippen LogP contribution >= 0.6 is 0 Å². The molecule has 1 saturated heterocycles. The van der Waals surface area contributed by atoms with Gasteiger partial charge in [-0.1, -0.05) is 6.92 Å². The molecule has 0 aromatic carbocycles. The van der Waals surface area contributed by atoms with Crippen molar-refractivity contribution in [3.63, 3.8) is 0 Å². The first-order valence-corrected chi connectivity index (χ1v) is 6.28. The van der Waals surface area contributed by atoms with Gasteiger partial charge in [0.05, 0.1) is 0 Å². The second kappa shape index (κ2) is 6.59. The molecule has 1 aliphatic heterocycles. The average Bonchev–Trinajstić information content (AvgIpc) is 2.35. The van der Waals surface area contributed by atoms with E-state index in [4.69, 9.17) is 10.8 Å². The summed E-state index contributed by atoms with van der Waals surface area (Å²) >= 11 is 0. The number of carboxylic acids is 1. The number of amides is 1. The van der Waals surface area contributed by atoms with Crippen LogP contribution in [0.15, 0.2) is 0 Å². The maximum absolute atomic E-state index is 12.0. The van der Waals surface area contributed by atoms with Crippen molar-refractivity contribution in [1.82, 2.24) is 4.90 Å². The average molecular weight is 242 g/mol. The van der Waals surface area contributed by atoms with Gasteiger partial charge >= 0.3 is 5.97 Å². The van der Waals surface area contributed by atoms with E-state index in [0.717, 1.165) is 19.3 Å². The van der Waals surface area contributed by atoms with Crippen LogP contribution < -0.4 is 5.73 Å². The Morgan fingerprint density at radius 1 is 1.47 bits per heavy atom. The fourth-order valence-corrected chi connectivity index (χ4v) is 2.12. The minimum absolute atomic E-state index is 0.0441. The smallest absolute Gasteiger partial charge is 0.326 e. The molecule has 17 heavy (non-hydrogen) atoms. The van der Waals surface area contributed by atoms with Crippen molar-refractivity contribution in [3.8, 4) is 0 Å². The second-order valence-corrected chi connectivity index (χ2v) is 4.82. The highest BCUT2D eigenvalue weighted by Gasteiger charge is 2.31. The van der Waals surface area contributed by atoms with Crippen LogP contribution in [0.3, 0.4) is 0 Å². The van der Waals surface area contributed by atoms with Crippen molar-refractivity contribution in [2.75, 3.05) is 13.1 Å². The third-order valence-electron chi connectivity index (χ3n) is 3.36. The lowest BCUT2D eigenvalue weighted by Crippen LogP contribution is -2.48. The topological polar surface area (TPSA) is 83.6 Å². The molecule has 0 radical (unpaired) electrons. The van der Waals surface area contributed by atoms with E-state index in [1.165, 1.54) is 4.90 Å². The summed E-state index contributed by atoms with van der Waals surface area (Å²) in [6.07, 6.45) is 3.51. The van der Waals surface area contributed by atoms with Gasteiger partial charge in [-0.25, -0.2) is 4.79 Å². The lowest BCUT2D eigenvalue weighted by molar-refractivity contribution is -0.152. The van der Waals surface area contributed by atoms with Crippen molar-refractivity contribution in [2.45, 2.75) is 45.1 Å². The van der Waals surface area contributed by atoms with Gasteiger partial charge in [0.15, 0.2) is 0 Å². The van der Waals surface area contributed by atoms with Crippen LogP contribution in [0.4, 0.5) is 0 Å². The van der Waals surface area contributed by atoms with Gasteiger partial charge in [0.2, 0.25) is 5.91 Å². The number of piperidine rings is 1. The second-order valence-electron chi connectivity index (χ2n) is 4.82. The van der Waals surface area contributed by atoms with Crippen LogP contribution in [0.5, 0.6) is 0 Å². The van der Waals surface area contributed by atoms with Gasteiger partial charge in [0.1, 0.15) is 6.04 Å². The lowest BCUT2D eigenvalue weighted by atomic mass is 10.00. The molecular formula is C12H22N2O3. The Kier molecular flexibility index (Phi) is 5.41. The number of carboxylic acid groups (broad SMARTS) is 1. The van der Waals surface area contributed by atoms with Crippen molar-refractivity contribution in [1.29, 1.82) is 0 Å². The standard InChI is InChI=1S/C12H22N2O3/c1-9(8-13)5-6-11(15)14-7-3-2-4-10(14)12(16)17/h9-10H,2-8,13H2,1H3,(H,16,17)/t9?,10-/m0/s1. The molecule has 0 spiro atoms. The normalized spacial score (nSPS) is 22.2. The maximum atomic E-state index is 12.0. The van der Waals surface area contributed by atoms with E-state index in [1.807, 2.05) is 6.92 Å². The van der Waals surface area contributed by atoms with Crippen LogP contribution in [0.25, 0.3) is 0 Å². The van der Waals surface area contributed by atoms with Crippen molar-refractivity contribution in [2.24, 2.45) is 11.7 Å². The van der Waals surface area contributed by atoms with E-state index in [1.54, 1.807) is 0 Å². The van der Waals surface area contributed by atoms with Gasteiger partial charge < -0.3 is 15.7 Å². The number of hydrogen-bond acceptors (Lipinski definition) is 3. The zero-order valence-corrected chi connectivity index (χ0v) is 10.4. The fourth-order valence-electron chi connectivity index (χ4n) is 2.12. The number of carbonyl (C=O) groups is 2. The Labute approximate surface area is 102 Å². The summed E-state index contributed by atoms with van der Waals surface area (Å²) in [5.74, 6) is -0.616. The molecule has 5 heteroatoms. The molecule has 1 rings (SSSR count). The molecule has 0 bridgehead atoms. The van der Waals surface area contributed by atoms with Crippen LogP contribution in [0, 0.1) is 5.92 Å². The van der Waals surface area contributed by atoms with E-state index in [0.29, 0.717) is 31.8 Å². The number of carbonyl (C=O) groups excluding carboxylic acids is 1. The van der Waals surface area contributed by atoms with Crippen LogP contribution in [0.1, 0.15) is 39.0 Å². The highest BCUT2D eigenvalue weighted by atomic mass is 16.4. The predicted octanol–water partition coefficient (Wildman–Crippen LogP) is 0.827. The maximum Gasteiger partial charge on any atom is 0.326 e. The number of aliphatic carboxylic acids is 1. The predicted molar refractivity (Wildman–Crippen MR) is 64.4 cm³/mol. The van der Waals surface area contributed by atoms with Crippen molar-refractivity contribution in [3.05, 3.63) is 0 Å². The number of nitrogens with two attached hydrogens (primary N) is 1. The lowest BCUT2D eigenvalue weighted by Gasteiger charge is -2.33. The van der Waals surface area contributed by atoms with E-state index in [2.05, 4.69) is 0 Å². The van der Waals surface area contributed by atoms with Crippen LogP contribution in [-0.2, 0) is 9.59 Å². The van der Waals surface area contributed by atoms with Gasteiger partial charge in [0, 0.05) is 13.0 Å². The summed E-state index contributed by atoms with van der Waals surface area (Å²) in [6.45, 7) is 3.14. The fraction of sp³-hybridized carbons (Fsp3) is 0.833. The molecular weight excluding hydrogens is 220 g/mol. The van der Waals surface area contributed by atoms with Gasteiger partial charge in [-0.2, -0.15) is 0 Å². The van der Waals surface area contributed by atoms with Crippen molar-refractivity contribution < 1.29 is 14.7 Å². The van der Waals surface area contributed by atoms with Crippen LogP contribution in [-0.4, -0.2) is 41.0 Å². The SMILES string of the molecule is CC(CN)CCC(=O)N1CCCC[C@H]1C(=O)O. The summed E-state index contributed by atoms with van der Waals surface area (Å²) in [7, 11) is 0. The summed E-state index contributed by atoms with van der Waals surface area (Å²) in [5.41, 5.74) is 5.49. The monoisotopic (exact) mass is 242 g/mol. The third-order valence-corrected chi connectivity index (χ3v) is 3.36. The zero-order chi connectivity index (χ0) is 12.8. The summed E-state index contributed by atoms with van der Waals surface area (Å²) in [4.78, 5) is 24.5. The summed E-state index contributed by atoms with van der Waals surface area (Å²) < 4.78 is 0. The molecule has 1 fully saturated rings. The summed E-state index contributed by atoms with van der Waals surface area (Å²) in [5, 5.41) is 9.07. The van der Waals surface area contributed by atoms with Gasteiger partial charge in [0.25, 0.3) is 0 Å². The van der Waals surface area contributed by atoms with E-state index < -0.39 is 12.0 Å². The minimum atomic E-state index is -0.884. The largest absolute Gasteiger partial charge is 0.480 e. The molecule has 0 saturated carbocycles. The molecule has 3 N–H and O–H groups in total. The highest BCUT2D eigenvalue weighted by molar-refractivity contribution is 5.83. The molecule has 1 heterocycles.